The normalized spacial score (nSPS) is 17.1. The van der Waals surface area contributed by atoms with Crippen LogP contribution in [0.15, 0.2) is 36.5 Å². The molecule has 1 aromatic heterocycles. The Morgan fingerprint density at radius 1 is 1.24 bits per heavy atom. The highest BCUT2D eigenvalue weighted by atomic mass is 19.3. The first-order valence-electron chi connectivity index (χ1n) is 7.47. The van der Waals surface area contributed by atoms with Crippen LogP contribution in [-0.2, 0) is 17.3 Å². The minimum Gasteiger partial charge on any atom is -0.389 e. The predicted molar refractivity (Wildman–Crippen MR) is 81.4 cm³/mol. The lowest BCUT2D eigenvalue weighted by atomic mass is 9.98. The fourth-order valence-corrected chi connectivity index (χ4v) is 2.86. The second-order valence-corrected chi connectivity index (χ2v) is 5.78. The van der Waals surface area contributed by atoms with Crippen molar-refractivity contribution in [2.24, 2.45) is 0 Å². The molecule has 0 unspecified atom stereocenters. The minimum atomic E-state index is -3.76. The molecule has 1 aliphatic rings. The summed E-state index contributed by atoms with van der Waals surface area (Å²) in [4.78, 5) is 16.6. The second-order valence-electron chi connectivity index (χ2n) is 5.78. The Balaban J connectivity index is 1.99. The molecule has 0 spiro atoms. The highest BCUT2D eigenvalue weighted by Gasteiger charge is 2.54. The molecule has 0 saturated carbocycles. The summed E-state index contributed by atoms with van der Waals surface area (Å²) in [5, 5.41) is 9.72. The zero-order valence-corrected chi connectivity index (χ0v) is 13.1. The van der Waals surface area contributed by atoms with Crippen LogP contribution in [0.5, 0.6) is 0 Å². The molecule has 1 atom stereocenters. The van der Waals surface area contributed by atoms with E-state index in [4.69, 9.17) is 0 Å². The lowest BCUT2D eigenvalue weighted by Crippen LogP contribution is -2.34. The lowest BCUT2D eigenvalue weighted by Gasteiger charge is -2.17. The molecule has 0 fully saturated rings. The topological polar surface area (TPSA) is 53.4 Å². The third-order valence-corrected chi connectivity index (χ3v) is 4.06. The number of fused-ring (bicyclic) bond motifs is 1. The van der Waals surface area contributed by atoms with Crippen molar-refractivity contribution in [2.75, 3.05) is 4.90 Å². The SMILES string of the molecule is C[C@H](O)c1cccc2c1C(F)(F)C(=O)N2Cc1ccc(C(F)F)nc1. The standard InChI is InChI=1S/C17H14F4N2O2/c1-9(24)11-3-2-4-13-14(11)17(20,21)16(25)23(13)8-10-5-6-12(15(18)19)22-7-10/h2-7,9,15,24H,8H2,1H3/t9-/m0/s1. The van der Waals surface area contributed by atoms with Gasteiger partial charge in [0.2, 0.25) is 0 Å². The van der Waals surface area contributed by atoms with Gasteiger partial charge in [0.25, 0.3) is 6.43 Å². The van der Waals surface area contributed by atoms with Crippen LogP contribution in [-0.4, -0.2) is 16.0 Å². The van der Waals surface area contributed by atoms with Crippen LogP contribution in [0.1, 0.15) is 41.8 Å². The van der Waals surface area contributed by atoms with Gasteiger partial charge in [0.05, 0.1) is 23.9 Å². The average Bonchev–Trinajstić information content (AvgIpc) is 2.76. The van der Waals surface area contributed by atoms with Gasteiger partial charge < -0.3 is 10.0 Å². The fourth-order valence-electron chi connectivity index (χ4n) is 2.86. The van der Waals surface area contributed by atoms with Crippen LogP contribution >= 0.6 is 0 Å². The van der Waals surface area contributed by atoms with Crippen molar-refractivity contribution in [2.45, 2.75) is 31.9 Å². The molecule has 0 radical (unpaired) electrons. The van der Waals surface area contributed by atoms with E-state index in [1.54, 1.807) is 0 Å². The van der Waals surface area contributed by atoms with Crippen molar-refractivity contribution in [1.29, 1.82) is 0 Å². The minimum absolute atomic E-state index is 0.00802. The number of carbonyl (C=O) groups excluding carboxylic acids is 1. The Morgan fingerprint density at radius 2 is 1.96 bits per heavy atom. The van der Waals surface area contributed by atoms with Crippen molar-refractivity contribution < 1.29 is 27.5 Å². The number of aliphatic hydroxyl groups excluding tert-OH is 1. The van der Waals surface area contributed by atoms with Gasteiger partial charge in [0.15, 0.2) is 0 Å². The highest BCUT2D eigenvalue weighted by Crippen LogP contribution is 2.47. The Kier molecular flexibility index (Phi) is 4.24. The number of alkyl halides is 4. The number of aliphatic hydroxyl groups is 1. The van der Waals surface area contributed by atoms with Gasteiger partial charge in [-0.05, 0) is 30.2 Å². The van der Waals surface area contributed by atoms with Gasteiger partial charge in [-0.2, -0.15) is 8.78 Å². The maximum absolute atomic E-state index is 14.5. The van der Waals surface area contributed by atoms with E-state index in [1.165, 1.54) is 31.2 Å². The van der Waals surface area contributed by atoms with Gasteiger partial charge >= 0.3 is 11.8 Å². The van der Waals surface area contributed by atoms with Crippen LogP contribution in [0, 0.1) is 0 Å². The summed E-state index contributed by atoms with van der Waals surface area (Å²) in [6.07, 6.45) is -2.77. The second kappa shape index (κ2) is 6.11. The number of hydrogen-bond acceptors (Lipinski definition) is 3. The number of aromatic nitrogens is 1. The largest absolute Gasteiger partial charge is 0.389 e. The number of carbonyl (C=O) groups is 1. The first-order chi connectivity index (χ1) is 11.7. The summed E-state index contributed by atoms with van der Waals surface area (Å²) in [5.74, 6) is -5.19. The van der Waals surface area contributed by atoms with E-state index < -0.39 is 35.6 Å². The Hall–Kier alpha value is -2.48. The van der Waals surface area contributed by atoms with Crippen LogP contribution in [0.25, 0.3) is 0 Å². The molecule has 0 saturated heterocycles. The molecule has 1 amide bonds. The molecule has 2 aromatic rings. The molecule has 132 valence electrons. The molecule has 1 N–H and O–H groups in total. The summed E-state index contributed by atoms with van der Waals surface area (Å²) in [7, 11) is 0. The van der Waals surface area contributed by atoms with Crippen molar-refractivity contribution in [3.8, 4) is 0 Å². The average molecular weight is 354 g/mol. The van der Waals surface area contributed by atoms with E-state index >= 15 is 0 Å². The molecule has 3 rings (SSSR count). The van der Waals surface area contributed by atoms with E-state index in [-0.39, 0.29) is 17.8 Å². The summed E-state index contributed by atoms with van der Waals surface area (Å²) in [5.41, 5.74) is -0.648. The quantitative estimate of drug-likeness (QED) is 0.852. The van der Waals surface area contributed by atoms with Crippen molar-refractivity contribution in [1.82, 2.24) is 4.98 Å². The van der Waals surface area contributed by atoms with Gasteiger partial charge in [-0.3, -0.25) is 9.78 Å². The van der Waals surface area contributed by atoms with Gasteiger partial charge in [-0.15, -0.1) is 0 Å². The van der Waals surface area contributed by atoms with Crippen LogP contribution in [0.3, 0.4) is 0 Å². The number of nitrogens with zero attached hydrogens (tertiary/aromatic N) is 2. The Labute approximate surface area is 140 Å². The zero-order valence-electron chi connectivity index (χ0n) is 13.1. The summed E-state index contributed by atoms with van der Waals surface area (Å²) in [6, 6.07) is 6.58. The molecule has 0 aliphatic carbocycles. The highest BCUT2D eigenvalue weighted by molar-refractivity contribution is 6.06. The number of amides is 1. The molecule has 1 aromatic carbocycles. The van der Waals surface area contributed by atoms with Crippen LogP contribution < -0.4 is 4.90 Å². The molecule has 2 heterocycles. The lowest BCUT2D eigenvalue weighted by molar-refractivity contribution is -0.141. The van der Waals surface area contributed by atoms with Gasteiger partial charge in [-0.25, -0.2) is 8.78 Å². The van der Waals surface area contributed by atoms with Crippen LogP contribution in [0.2, 0.25) is 0 Å². The third kappa shape index (κ3) is 2.86. The van der Waals surface area contributed by atoms with E-state index in [1.807, 2.05) is 0 Å². The van der Waals surface area contributed by atoms with E-state index in [0.29, 0.717) is 5.56 Å². The monoisotopic (exact) mass is 354 g/mol. The van der Waals surface area contributed by atoms with E-state index in [9.17, 15) is 27.5 Å². The fraction of sp³-hybridized carbons (Fsp3) is 0.294. The summed E-state index contributed by atoms with van der Waals surface area (Å²) in [6.45, 7) is 1.10. The summed E-state index contributed by atoms with van der Waals surface area (Å²) >= 11 is 0. The van der Waals surface area contributed by atoms with Crippen molar-refractivity contribution >= 4 is 11.6 Å². The van der Waals surface area contributed by atoms with E-state index in [2.05, 4.69) is 4.98 Å². The van der Waals surface area contributed by atoms with Crippen LogP contribution in [0.4, 0.5) is 23.2 Å². The molecule has 1 aliphatic heterocycles. The molecule has 0 bridgehead atoms. The maximum Gasteiger partial charge on any atom is 0.352 e. The van der Waals surface area contributed by atoms with Gasteiger partial charge in [-0.1, -0.05) is 18.2 Å². The Bertz CT molecular complexity index is 807. The first-order valence-corrected chi connectivity index (χ1v) is 7.47. The maximum atomic E-state index is 14.5. The van der Waals surface area contributed by atoms with Gasteiger partial charge in [0.1, 0.15) is 5.69 Å². The number of halogens is 4. The van der Waals surface area contributed by atoms with E-state index in [0.717, 1.165) is 17.2 Å². The third-order valence-electron chi connectivity index (χ3n) is 4.06. The molecular weight excluding hydrogens is 340 g/mol. The van der Waals surface area contributed by atoms with Crippen molar-refractivity contribution in [3.63, 3.8) is 0 Å². The smallest absolute Gasteiger partial charge is 0.352 e. The first kappa shape index (κ1) is 17.3. The number of pyridine rings is 1. The molecular formula is C17H14F4N2O2. The molecule has 4 nitrogen and oxygen atoms in total. The van der Waals surface area contributed by atoms with Crippen molar-refractivity contribution in [3.05, 3.63) is 58.9 Å². The Morgan fingerprint density at radius 3 is 2.52 bits per heavy atom. The number of benzene rings is 1. The number of anilines is 1. The zero-order chi connectivity index (χ0) is 18.4. The predicted octanol–water partition coefficient (Wildman–Crippen LogP) is 3.71. The summed E-state index contributed by atoms with van der Waals surface area (Å²) < 4.78 is 54.0. The molecule has 25 heavy (non-hydrogen) atoms. The number of rotatable bonds is 4. The molecule has 8 heteroatoms. The number of hydrogen-bond donors (Lipinski definition) is 1. The van der Waals surface area contributed by atoms with Gasteiger partial charge in [0, 0.05) is 6.20 Å².